The number of H-pyrrole nitrogens is 1. The number of carboxylic acid groups (broad SMARTS) is 1. The van der Waals surface area contributed by atoms with Crippen molar-refractivity contribution in [2.24, 2.45) is 10.2 Å². The van der Waals surface area contributed by atoms with Crippen LogP contribution in [0.1, 0.15) is 5.56 Å². The molecule has 2 aromatic carbocycles. The lowest BCUT2D eigenvalue weighted by Gasteiger charge is -1.99. The quantitative estimate of drug-likeness (QED) is 0.621. The molecule has 0 bridgehead atoms. The maximum absolute atomic E-state index is 10.7. The lowest BCUT2D eigenvalue weighted by molar-refractivity contribution is -0.131. The van der Waals surface area contributed by atoms with Gasteiger partial charge in [0.25, 0.3) is 0 Å². The van der Waals surface area contributed by atoms with Crippen LogP contribution in [0.15, 0.2) is 58.8 Å². The molecule has 3 N–H and O–H groups in total. The number of azo groups is 1. The van der Waals surface area contributed by atoms with E-state index in [2.05, 4.69) is 15.2 Å². The molecule has 1 aliphatic rings. The molecule has 1 aliphatic heterocycles. The standard InChI is InChI=1S/C20H15N3O4/c1-27-12-3-5-16-14(10-12)15(20(26)21-16)8-11-2-4-13-17(6-7-19(24)25)22-23-18(13)9-11/h2-10,21,26H,1H3,(H,24,25)/b7-6+,11-8?. The molecule has 27 heavy (non-hydrogen) atoms. The zero-order chi connectivity index (χ0) is 19.0. The van der Waals surface area contributed by atoms with Gasteiger partial charge in [-0.2, -0.15) is 0 Å². The molecule has 0 saturated heterocycles. The molecular weight excluding hydrogens is 346 g/mol. The number of nitrogens with zero attached hydrogens (tertiary/aromatic N) is 2. The zero-order valence-corrected chi connectivity index (χ0v) is 14.3. The fourth-order valence-corrected chi connectivity index (χ4v) is 2.99. The van der Waals surface area contributed by atoms with Crippen LogP contribution >= 0.6 is 0 Å². The van der Waals surface area contributed by atoms with Crippen LogP contribution in [0.25, 0.3) is 22.7 Å². The van der Waals surface area contributed by atoms with Crippen LogP contribution in [0.2, 0.25) is 0 Å². The lowest BCUT2D eigenvalue weighted by Crippen LogP contribution is -2.08. The van der Waals surface area contributed by atoms with Crippen molar-refractivity contribution in [3.8, 4) is 11.6 Å². The van der Waals surface area contributed by atoms with Crippen LogP contribution in [-0.2, 0) is 4.79 Å². The van der Waals surface area contributed by atoms with Crippen molar-refractivity contribution >= 4 is 34.3 Å². The Morgan fingerprint density at radius 1 is 1.19 bits per heavy atom. The number of carboxylic acids is 1. The molecule has 0 spiro atoms. The van der Waals surface area contributed by atoms with Gasteiger partial charge in [0, 0.05) is 27.8 Å². The number of carbonyl (C=O) groups is 1. The van der Waals surface area contributed by atoms with E-state index >= 15 is 0 Å². The summed E-state index contributed by atoms with van der Waals surface area (Å²) >= 11 is 0. The monoisotopic (exact) mass is 361 g/mol. The summed E-state index contributed by atoms with van der Waals surface area (Å²) in [6.45, 7) is 0. The fraction of sp³-hybridized carbons (Fsp3) is 0.0500. The normalized spacial score (nSPS) is 13.7. The molecule has 0 atom stereocenters. The number of hydrogen-bond acceptors (Lipinski definition) is 5. The van der Waals surface area contributed by atoms with E-state index in [1.54, 1.807) is 7.11 Å². The van der Waals surface area contributed by atoms with E-state index in [1.165, 1.54) is 6.08 Å². The third kappa shape index (κ3) is 3.06. The second-order valence-corrected chi connectivity index (χ2v) is 5.98. The van der Waals surface area contributed by atoms with Crippen LogP contribution in [-0.4, -0.2) is 28.3 Å². The number of aromatic hydroxyl groups is 1. The molecule has 0 amide bonds. The number of aromatic amines is 1. The molecule has 0 radical (unpaired) electrons. The smallest absolute Gasteiger partial charge is 0.328 e. The van der Waals surface area contributed by atoms with Crippen molar-refractivity contribution in [3.05, 3.63) is 64.6 Å². The van der Waals surface area contributed by atoms with E-state index in [0.717, 1.165) is 27.4 Å². The first-order chi connectivity index (χ1) is 13.0. The van der Waals surface area contributed by atoms with Crippen molar-refractivity contribution in [3.63, 3.8) is 0 Å². The summed E-state index contributed by atoms with van der Waals surface area (Å²) in [5.74, 6) is -0.276. The number of benzene rings is 2. The highest BCUT2D eigenvalue weighted by Crippen LogP contribution is 2.30. The van der Waals surface area contributed by atoms with Gasteiger partial charge in [-0.05, 0) is 47.7 Å². The minimum absolute atomic E-state index is 0.0667. The molecule has 0 fully saturated rings. The molecular formula is C20H15N3O4. The van der Waals surface area contributed by atoms with Gasteiger partial charge in [0.2, 0.25) is 0 Å². The molecule has 0 unspecified atom stereocenters. The maximum Gasteiger partial charge on any atom is 0.328 e. The van der Waals surface area contributed by atoms with Crippen molar-refractivity contribution in [2.45, 2.75) is 0 Å². The van der Waals surface area contributed by atoms with E-state index in [-0.39, 0.29) is 5.88 Å². The minimum atomic E-state index is -1.04. The molecule has 4 rings (SSSR count). The lowest BCUT2D eigenvalue weighted by atomic mass is 10.1. The van der Waals surface area contributed by atoms with Gasteiger partial charge in [-0.25, -0.2) is 4.79 Å². The first-order valence-corrected chi connectivity index (χ1v) is 8.13. The van der Waals surface area contributed by atoms with Gasteiger partial charge in [0.15, 0.2) is 5.88 Å². The van der Waals surface area contributed by atoms with Crippen LogP contribution in [0, 0.1) is 0 Å². The van der Waals surface area contributed by atoms with Crippen molar-refractivity contribution in [1.82, 2.24) is 4.98 Å². The van der Waals surface area contributed by atoms with Gasteiger partial charge >= 0.3 is 5.97 Å². The van der Waals surface area contributed by atoms with Crippen LogP contribution in [0.4, 0.5) is 5.69 Å². The number of aliphatic carboxylic acids is 1. The first kappa shape index (κ1) is 16.6. The third-order valence-electron chi connectivity index (χ3n) is 4.28. The van der Waals surface area contributed by atoms with Gasteiger partial charge in [-0.15, -0.1) is 10.2 Å². The van der Waals surface area contributed by atoms with E-state index in [4.69, 9.17) is 9.84 Å². The fourth-order valence-electron chi connectivity index (χ4n) is 2.99. The number of methoxy groups -OCH3 is 1. The van der Waals surface area contributed by atoms with Gasteiger partial charge < -0.3 is 19.9 Å². The summed E-state index contributed by atoms with van der Waals surface area (Å²) in [5.41, 5.74) is 2.59. The Bertz CT molecular complexity index is 1250. The summed E-state index contributed by atoms with van der Waals surface area (Å²) in [4.78, 5) is 13.6. The molecule has 134 valence electrons. The number of rotatable bonds is 4. The highest BCUT2D eigenvalue weighted by Gasteiger charge is 2.11. The Hall–Kier alpha value is -3.87. The Balaban J connectivity index is 1.83. The van der Waals surface area contributed by atoms with E-state index in [1.807, 2.05) is 42.5 Å². The van der Waals surface area contributed by atoms with Crippen molar-refractivity contribution in [1.29, 1.82) is 0 Å². The second kappa shape index (κ2) is 6.45. The number of nitrogens with one attached hydrogen (secondary N) is 1. The molecule has 7 nitrogen and oxygen atoms in total. The third-order valence-corrected chi connectivity index (χ3v) is 4.28. The van der Waals surface area contributed by atoms with Gasteiger partial charge in [0.1, 0.15) is 5.75 Å². The number of hydrogen-bond donors (Lipinski definition) is 3. The van der Waals surface area contributed by atoms with Crippen LogP contribution < -0.4 is 15.2 Å². The van der Waals surface area contributed by atoms with Gasteiger partial charge in [-0.1, -0.05) is 6.07 Å². The predicted octanol–water partition coefficient (Wildman–Crippen LogP) is 2.56. The number of ether oxygens (including phenoxy) is 1. The van der Waals surface area contributed by atoms with Gasteiger partial charge in [0.05, 0.1) is 18.5 Å². The maximum atomic E-state index is 10.7. The topological polar surface area (TPSA) is 107 Å². The Labute approximate surface area is 153 Å². The SMILES string of the molecule is COc1ccc2[nH]c(O)c(C=c3ccc4c(c3)N=NC=4/C=C/C(=O)O)c2c1. The summed E-state index contributed by atoms with van der Waals surface area (Å²) < 4.78 is 5.26. The summed E-state index contributed by atoms with van der Waals surface area (Å²) in [6, 6.07) is 11.0. The highest BCUT2D eigenvalue weighted by molar-refractivity contribution is 5.92. The molecule has 3 aromatic rings. The summed E-state index contributed by atoms with van der Waals surface area (Å²) in [6.07, 6.45) is 4.29. The summed E-state index contributed by atoms with van der Waals surface area (Å²) in [7, 11) is 1.59. The van der Waals surface area contributed by atoms with E-state index < -0.39 is 5.97 Å². The Morgan fingerprint density at radius 3 is 2.81 bits per heavy atom. The second-order valence-electron chi connectivity index (χ2n) is 5.98. The number of fused-ring (bicyclic) bond motifs is 2. The Morgan fingerprint density at radius 2 is 2.04 bits per heavy atom. The Kier molecular flexibility index (Phi) is 3.97. The van der Waals surface area contributed by atoms with Crippen molar-refractivity contribution < 1.29 is 19.7 Å². The van der Waals surface area contributed by atoms with Crippen molar-refractivity contribution in [2.75, 3.05) is 7.11 Å². The van der Waals surface area contributed by atoms with Gasteiger partial charge in [-0.3, -0.25) is 0 Å². The minimum Gasteiger partial charge on any atom is -0.497 e. The van der Waals surface area contributed by atoms with E-state index in [9.17, 15) is 9.90 Å². The molecule has 0 aliphatic carbocycles. The summed E-state index contributed by atoms with van der Waals surface area (Å²) in [5, 5.41) is 29.6. The molecule has 7 heteroatoms. The predicted molar refractivity (Wildman–Crippen MR) is 100 cm³/mol. The average Bonchev–Trinajstić information content (AvgIpc) is 3.20. The molecule has 1 aromatic heterocycles. The molecule has 2 heterocycles. The highest BCUT2D eigenvalue weighted by atomic mass is 16.5. The van der Waals surface area contributed by atoms with Crippen LogP contribution in [0.5, 0.6) is 11.6 Å². The zero-order valence-electron chi connectivity index (χ0n) is 14.3. The van der Waals surface area contributed by atoms with Crippen LogP contribution in [0.3, 0.4) is 0 Å². The number of aromatic nitrogens is 1. The average molecular weight is 361 g/mol. The largest absolute Gasteiger partial charge is 0.497 e. The first-order valence-electron chi connectivity index (χ1n) is 8.13. The molecule has 0 saturated carbocycles. The van der Waals surface area contributed by atoms with E-state index in [0.29, 0.717) is 22.7 Å².